The first kappa shape index (κ1) is 12.6. The second kappa shape index (κ2) is 5.07. The van der Waals surface area contributed by atoms with Crippen LogP contribution in [0.25, 0.3) is 0 Å². The molecule has 1 N–H and O–H groups in total. The lowest BCUT2D eigenvalue weighted by Crippen LogP contribution is -2.20. The Bertz CT molecular complexity index is 393. The molecule has 15 heavy (non-hydrogen) atoms. The van der Waals surface area contributed by atoms with Gasteiger partial charge in [-0.15, -0.1) is 0 Å². The van der Waals surface area contributed by atoms with Gasteiger partial charge in [-0.25, -0.2) is 4.39 Å². The maximum atomic E-state index is 13.1. The molecule has 1 aromatic rings. The van der Waals surface area contributed by atoms with Crippen molar-refractivity contribution in [1.29, 1.82) is 0 Å². The lowest BCUT2D eigenvalue weighted by molar-refractivity contribution is -0.115. The summed E-state index contributed by atoms with van der Waals surface area (Å²) in [6.07, 6.45) is 0. The Morgan fingerprint density at radius 1 is 1.53 bits per heavy atom. The molecule has 0 aliphatic carbocycles. The van der Waals surface area contributed by atoms with Crippen LogP contribution in [-0.4, -0.2) is 10.7 Å². The molecule has 1 unspecified atom stereocenters. The molecule has 0 bridgehead atoms. The fourth-order valence-electron chi connectivity index (χ4n) is 1.01. The van der Waals surface area contributed by atoms with Crippen molar-refractivity contribution in [3.05, 3.63) is 28.0 Å². The number of carbonyl (C=O) groups is 1. The van der Waals surface area contributed by atoms with Crippen LogP contribution in [0.15, 0.2) is 16.6 Å². The van der Waals surface area contributed by atoms with Crippen LogP contribution in [0.3, 0.4) is 0 Å². The number of amides is 1. The van der Waals surface area contributed by atoms with Gasteiger partial charge in [-0.3, -0.25) is 4.79 Å². The van der Waals surface area contributed by atoms with Crippen LogP contribution in [0.1, 0.15) is 12.5 Å². The van der Waals surface area contributed by atoms with Gasteiger partial charge in [0.15, 0.2) is 0 Å². The number of benzene rings is 1. The van der Waals surface area contributed by atoms with Gasteiger partial charge in [0, 0.05) is 5.69 Å². The molecule has 82 valence electrons. The number of rotatable bonds is 2. The van der Waals surface area contributed by atoms with E-state index in [1.54, 1.807) is 19.9 Å². The van der Waals surface area contributed by atoms with Gasteiger partial charge in [0.05, 0.1) is 9.30 Å². The molecular weight excluding hydrogens is 329 g/mol. The van der Waals surface area contributed by atoms with Gasteiger partial charge in [0.25, 0.3) is 0 Å². The van der Waals surface area contributed by atoms with E-state index in [0.29, 0.717) is 15.7 Å². The highest BCUT2D eigenvalue weighted by molar-refractivity contribution is 9.10. The third-order valence-electron chi connectivity index (χ3n) is 1.89. The number of anilines is 1. The second-order valence-electron chi connectivity index (χ2n) is 3.19. The zero-order valence-corrected chi connectivity index (χ0v) is 11.4. The van der Waals surface area contributed by atoms with E-state index >= 15 is 0 Å². The maximum Gasteiger partial charge on any atom is 0.237 e. The first-order valence-electron chi connectivity index (χ1n) is 4.32. The van der Waals surface area contributed by atoms with E-state index < -0.39 is 0 Å². The molecular formula is C10H10Br2FNO. The van der Waals surface area contributed by atoms with E-state index in [2.05, 4.69) is 37.2 Å². The average Bonchev–Trinajstić information content (AvgIpc) is 2.13. The van der Waals surface area contributed by atoms with E-state index in [1.165, 1.54) is 6.07 Å². The summed E-state index contributed by atoms with van der Waals surface area (Å²) in [4.78, 5) is 11.1. The van der Waals surface area contributed by atoms with Crippen molar-refractivity contribution < 1.29 is 9.18 Å². The molecule has 0 heterocycles. The first-order chi connectivity index (χ1) is 6.91. The molecule has 0 aromatic heterocycles. The molecule has 1 amide bonds. The van der Waals surface area contributed by atoms with Crippen molar-refractivity contribution >= 4 is 43.5 Å². The Morgan fingerprint density at radius 2 is 2.13 bits per heavy atom. The highest BCUT2D eigenvalue weighted by Gasteiger charge is 2.11. The molecule has 0 saturated heterocycles. The molecule has 0 aliphatic heterocycles. The van der Waals surface area contributed by atoms with Crippen molar-refractivity contribution in [3.63, 3.8) is 0 Å². The second-order valence-corrected chi connectivity index (χ2v) is 5.41. The SMILES string of the molecule is Cc1cc(F)c(Br)cc1NC(=O)C(C)Br. The van der Waals surface area contributed by atoms with Crippen LogP contribution in [0.2, 0.25) is 0 Å². The number of halogens is 3. The smallest absolute Gasteiger partial charge is 0.237 e. The summed E-state index contributed by atoms with van der Waals surface area (Å²) in [5.74, 6) is -0.492. The fraction of sp³-hybridized carbons (Fsp3) is 0.300. The van der Waals surface area contributed by atoms with Gasteiger partial charge < -0.3 is 5.32 Å². The van der Waals surface area contributed by atoms with Crippen LogP contribution >= 0.6 is 31.9 Å². The largest absolute Gasteiger partial charge is 0.325 e. The Kier molecular flexibility index (Phi) is 4.28. The molecule has 0 radical (unpaired) electrons. The maximum absolute atomic E-state index is 13.1. The van der Waals surface area contributed by atoms with Crippen molar-refractivity contribution in [2.24, 2.45) is 0 Å². The Morgan fingerprint density at radius 3 is 2.67 bits per heavy atom. The lowest BCUT2D eigenvalue weighted by Gasteiger charge is -2.10. The number of hydrogen-bond donors (Lipinski definition) is 1. The van der Waals surface area contributed by atoms with Crippen LogP contribution in [0.4, 0.5) is 10.1 Å². The molecule has 1 rings (SSSR count). The zero-order chi connectivity index (χ0) is 11.6. The first-order valence-corrected chi connectivity index (χ1v) is 6.03. The molecule has 0 aliphatic rings. The highest BCUT2D eigenvalue weighted by atomic mass is 79.9. The minimum atomic E-state index is -0.336. The number of hydrogen-bond acceptors (Lipinski definition) is 1. The summed E-state index contributed by atoms with van der Waals surface area (Å²) < 4.78 is 13.4. The molecule has 5 heteroatoms. The Labute approximate surface area is 105 Å². The summed E-state index contributed by atoms with van der Waals surface area (Å²) in [6, 6.07) is 2.93. The monoisotopic (exact) mass is 337 g/mol. The summed E-state index contributed by atoms with van der Waals surface area (Å²) in [5, 5.41) is 2.70. The molecule has 0 saturated carbocycles. The van der Waals surface area contributed by atoms with Crippen LogP contribution in [0.5, 0.6) is 0 Å². The molecule has 1 aromatic carbocycles. The number of nitrogens with one attached hydrogen (secondary N) is 1. The van der Waals surface area contributed by atoms with Crippen molar-refractivity contribution in [1.82, 2.24) is 0 Å². The fourth-order valence-corrected chi connectivity index (χ4v) is 1.47. The number of carbonyl (C=O) groups excluding carboxylic acids is 1. The van der Waals surface area contributed by atoms with Crippen molar-refractivity contribution in [2.75, 3.05) is 5.32 Å². The molecule has 2 nitrogen and oxygen atoms in total. The van der Waals surface area contributed by atoms with E-state index in [-0.39, 0.29) is 16.6 Å². The lowest BCUT2D eigenvalue weighted by atomic mass is 10.2. The topological polar surface area (TPSA) is 29.1 Å². The number of aryl methyl sites for hydroxylation is 1. The van der Waals surface area contributed by atoms with Gasteiger partial charge >= 0.3 is 0 Å². The van der Waals surface area contributed by atoms with Gasteiger partial charge in [-0.05, 0) is 47.5 Å². The van der Waals surface area contributed by atoms with Gasteiger partial charge in [-0.1, -0.05) is 15.9 Å². The third-order valence-corrected chi connectivity index (χ3v) is 2.91. The highest BCUT2D eigenvalue weighted by Crippen LogP contribution is 2.24. The third kappa shape index (κ3) is 3.28. The zero-order valence-electron chi connectivity index (χ0n) is 8.27. The summed E-state index contributed by atoms with van der Waals surface area (Å²) >= 11 is 6.23. The number of alkyl halides is 1. The Hall–Kier alpha value is -0.420. The van der Waals surface area contributed by atoms with E-state index in [0.717, 1.165) is 0 Å². The molecule has 1 atom stereocenters. The van der Waals surface area contributed by atoms with Crippen LogP contribution < -0.4 is 5.32 Å². The molecule has 0 spiro atoms. The van der Waals surface area contributed by atoms with Gasteiger partial charge in [0.2, 0.25) is 5.91 Å². The van der Waals surface area contributed by atoms with Crippen molar-refractivity contribution in [2.45, 2.75) is 18.7 Å². The van der Waals surface area contributed by atoms with Crippen LogP contribution in [-0.2, 0) is 4.79 Å². The van der Waals surface area contributed by atoms with E-state index in [4.69, 9.17) is 0 Å². The average molecular weight is 339 g/mol. The predicted molar refractivity (Wildman–Crippen MR) is 65.9 cm³/mol. The summed E-state index contributed by atoms with van der Waals surface area (Å²) in [6.45, 7) is 3.47. The predicted octanol–water partition coefficient (Wildman–Crippen LogP) is 3.62. The quantitative estimate of drug-likeness (QED) is 0.820. The van der Waals surface area contributed by atoms with Gasteiger partial charge in [0.1, 0.15) is 5.82 Å². The summed E-state index contributed by atoms with van der Waals surface area (Å²) in [7, 11) is 0. The molecule has 0 fully saturated rings. The summed E-state index contributed by atoms with van der Waals surface area (Å²) in [5.41, 5.74) is 1.30. The minimum Gasteiger partial charge on any atom is -0.325 e. The normalized spacial score (nSPS) is 12.3. The van der Waals surface area contributed by atoms with Crippen molar-refractivity contribution in [3.8, 4) is 0 Å². The standard InChI is InChI=1S/C10H10Br2FNO/c1-5-3-8(13)7(12)4-9(5)14-10(15)6(2)11/h3-4,6H,1-2H3,(H,14,15). The van der Waals surface area contributed by atoms with Gasteiger partial charge in [-0.2, -0.15) is 0 Å². The van der Waals surface area contributed by atoms with E-state index in [9.17, 15) is 9.18 Å². The van der Waals surface area contributed by atoms with E-state index in [1.807, 2.05) is 0 Å². The minimum absolute atomic E-state index is 0.156. The van der Waals surface area contributed by atoms with Crippen LogP contribution in [0, 0.1) is 12.7 Å². The Balaban J connectivity index is 2.96.